The zero-order valence-corrected chi connectivity index (χ0v) is 19.1. The number of aromatic nitrogens is 1. The molecule has 1 atom stereocenters. The van der Waals surface area contributed by atoms with Crippen molar-refractivity contribution in [1.82, 2.24) is 15.2 Å². The van der Waals surface area contributed by atoms with Crippen LogP contribution < -0.4 is 10.6 Å². The van der Waals surface area contributed by atoms with Crippen molar-refractivity contribution in [1.29, 1.82) is 0 Å². The fourth-order valence-electron chi connectivity index (χ4n) is 4.18. The minimum absolute atomic E-state index is 0.0910. The van der Waals surface area contributed by atoms with Crippen LogP contribution in [0.25, 0.3) is 5.00 Å². The van der Waals surface area contributed by atoms with Crippen LogP contribution in [0.3, 0.4) is 0 Å². The van der Waals surface area contributed by atoms with Crippen molar-refractivity contribution in [2.24, 2.45) is 0 Å². The lowest BCUT2D eigenvalue weighted by molar-refractivity contribution is -0.143. The summed E-state index contributed by atoms with van der Waals surface area (Å²) in [5, 5.41) is 7.17. The molecule has 168 valence electrons. The smallest absolute Gasteiger partial charge is 0.315 e. The summed E-state index contributed by atoms with van der Waals surface area (Å²) in [6.07, 6.45) is 8.75. The van der Waals surface area contributed by atoms with Crippen LogP contribution in [0.15, 0.2) is 54.9 Å². The summed E-state index contributed by atoms with van der Waals surface area (Å²) >= 11 is 1.83. The van der Waals surface area contributed by atoms with Gasteiger partial charge in [0, 0.05) is 29.4 Å². The second-order valence-corrected chi connectivity index (χ2v) is 8.97. The van der Waals surface area contributed by atoms with Crippen LogP contribution in [0, 0.1) is 0 Å². The van der Waals surface area contributed by atoms with E-state index in [0.717, 1.165) is 18.4 Å². The molecule has 4 rings (SSSR count). The van der Waals surface area contributed by atoms with Crippen LogP contribution in [-0.4, -0.2) is 23.2 Å². The number of carbonyl (C=O) groups is 2. The minimum Gasteiger partial charge on any atom is -0.466 e. The number of rotatable bonds is 8. The molecule has 6 nitrogen and oxygen atoms in total. The van der Waals surface area contributed by atoms with Gasteiger partial charge in [-0.2, -0.15) is 0 Å². The van der Waals surface area contributed by atoms with Gasteiger partial charge in [0.25, 0.3) is 0 Å². The lowest BCUT2D eigenvalue weighted by Gasteiger charge is -2.19. The summed E-state index contributed by atoms with van der Waals surface area (Å²) in [7, 11) is 0. The zero-order valence-electron chi connectivity index (χ0n) is 18.3. The first-order chi connectivity index (χ1) is 15.7. The largest absolute Gasteiger partial charge is 0.466 e. The predicted molar refractivity (Wildman–Crippen MR) is 126 cm³/mol. The topological polar surface area (TPSA) is 72.4 Å². The molecular formula is C25H29N3O3S. The number of benzene rings is 1. The molecule has 0 bridgehead atoms. The molecule has 2 heterocycles. The summed E-state index contributed by atoms with van der Waals surface area (Å²) in [5.41, 5.74) is 3.45. The van der Waals surface area contributed by atoms with Gasteiger partial charge in [-0.3, -0.25) is 4.79 Å². The summed E-state index contributed by atoms with van der Waals surface area (Å²) < 4.78 is 7.23. The molecule has 2 amide bonds. The molecule has 32 heavy (non-hydrogen) atoms. The van der Waals surface area contributed by atoms with E-state index in [1.807, 2.05) is 66.2 Å². The lowest BCUT2D eigenvalue weighted by Crippen LogP contribution is -2.38. The van der Waals surface area contributed by atoms with Gasteiger partial charge in [0.05, 0.1) is 19.1 Å². The third-order valence-electron chi connectivity index (χ3n) is 5.71. The highest BCUT2D eigenvalue weighted by Crippen LogP contribution is 2.36. The maximum Gasteiger partial charge on any atom is 0.315 e. The molecule has 0 unspecified atom stereocenters. The number of ether oxygens (including phenoxy) is 1. The Balaban J connectivity index is 1.48. The van der Waals surface area contributed by atoms with Crippen molar-refractivity contribution in [2.45, 2.75) is 51.6 Å². The molecule has 0 radical (unpaired) electrons. The van der Waals surface area contributed by atoms with E-state index >= 15 is 0 Å². The molecule has 1 aliphatic rings. The molecule has 1 aliphatic carbocycles. The van der Waals surface area contributed by atoms with E-state index in [4.69, 9.17) is 4.74 Å². The Morgan fingerprint density at radius 1 is 1.09 bits per heavy atom. The lowest BCUT2D eigenvalue weighted by atomic mass is 9.95. The van der Waals surface area contributed by atoms with E-state index in [2.05, 4.69) is 15.2 Å². The van der Waals surface area contributed by atoms with E-state index in [1.54, 1.807) is 6.92 Å². The number of fused-ring (bicyclic) bond motifs is 1. The van der Waals surface area contributed by atoms with Crippen LogP contribution >= 0.6 is 11.3 Å². The fourth-order valence-corrected chi connectivity index (χ4v) is 5.55. The van der Waals surface area contributed by atoms with Gasteiger partial charge < -0.3 is 19.9 Å². The SMILES string of the molecule is CCOC(=O)C[C@@H](NC(=O)NCc1c(-n2cccc2)sc2c1CCCC2)c1ccccc1. The number of urea groups is 1. The highest BCUT2D eigenvalue weighted by molar-refractivity contribution is 7.14. The van der Waals surface area contributed by atoms with Gasteiger partial charge in [-0.1, -0.05) is 30.3 Å². The molecule has 1 aromatic carbocycles. The average molecular weight is 452 g/mol. The Bertz CT molecular complexity index is 1040. The third-order valence-corrected chi connectivity index (χ3v) is 7.06. The van der Waals surface area contributed by atoms with Gasteiger partial charge in [-0.05, 0) is 55.9 Å². The summed E-state index contributed by atoms with van der Waals surface area (Å²) in [5.74, 6) is -0.330. The van der Waals surface area contributed by atoms with E-state index in [-0.39, 0.29) is 18.4 Å². The van der Waals surface area contributed by atoms with Crippen molar-refractivity contribution in [3.05, 3.63) is 76.4 Å². The van der Waals surface area contributed by atoms with Gasteiger partial charge in [0.15, 0.2) is 0 Å². The molecule has 0 spiro atoms. The normalized spacial score (nSPS) is 13.8. The van der Waals surface area contributed by atoms with Crippen LogP contribution in [0.2, 0.25) is 0 Å². The zero-order chi connectivity index (χ0) is 22.3. The maximum absolute atomic E-state index is 12.8. The third kappa shape index (κ3) is 5.22. The van der Waals surface area contributed by atoms with E-state index < -0.39 is 6.04 Å². The van der Waals surface area contributed by atoms with Gasteiger partial charge >= 0.3 is 12.0 Å². The van der Waals surface area contributed by atoms with Crippen molar-refractivity contribution >= 4 is 23.3 Å². The minimum atomic E-state index is -0.449. The van der Waals surface area contributed by atoms with Crippen LogP contribution in [0.4, 0.5) is 4.79 Å². The standard InChI is InChI=1S/C25H29N3O3S/c1-2-31-23(29)16-21(18-10-4-3-5-11-18)27-25(30)26-17-20-19-12-6-7-13-22(19)32-24(20)28-14-8-9-15-28/h3-5,8-11,14-15,21H,2,6-7,12-13,16-17H2,1H3,(H2,26,27,30)/t21-/m1/s1. The van der Waals surface area contributed by atoms with E-state index in [0.29, 0.717) is 13.2 Å². The molecule has 2 N–H and O–H groups in total. The summed E-state index contributed by atoms with van der Waals surface area (Å²) in [6, 6.07) is 12.8. The van der Waals surface area contributed by atoms with Crippen LogP contribution in [-0.2, 0) is 28.9 Å². The number of nitrogens with one attached hydrogen (secondary N) is 2. The number of esters is 1. The average Bonchev–Trinajstić information content (AvgIpc) is 3.46. The van der Waals surface area contributed by atoms with Crippen molar-refractivity contribution in [2.75, 3.05) is 6.61 Å². The quantitative estimate of drug-likeness (QED) is 0.478. The molecule has 7 heteroatoms. The number of nitrogens with zero attached hydrogens (tertiary/aromatic N) is 1. The number of carbonyl (C=O) groups excluding carboxylic acids is 2. The highest BCUT2D eigenvalue weighted by Gasteiger charge is 2.23. The molecule has 0 saturated carbocycles. The van der Waals surface area contributed by atoms with Crippen LogP contribution in [0.5, 0.6) is 0 Å². The first-order valence-electron chi connectivity index (χ1n) is 11.2. The van der Waals surface area contributed by atoms with Crippen molar-refractivity contribution in [3.63, 3.8) is 0 Å². The van der Waals surface area contributed by atoms with Gasteiger partial charge in [0.1, 0.15) is 5.00 Å². The van der Waals surface area contributed by atoms with Gasteiger partial charge in [0.2, 0.25) is 0 Å². The fraction of sp³-hybridized carbons (Fsp3) is 0.360. The second kappa shape index (κ2) is 10.5. The van der Waals surface area contributed by atoms with Gasteiger partial charge in [-0.25, -0.2) is 4.79 Å². The van der Waals surface area contributed by atoms with Crippen molar-refractivity contribution in [3.8, 4) is 5.00 Å². The Labute approximate surface area is 192 Å². The van der Waals surface area contributed by atoms with Crippen LogP contribution in [0.1, 0.15) is 53.8 Å². The monoisotopic (exact) mass is 451 g/mol. The predicted octanol–water partition coefficient (Wildman–Crippen LogP) is 4.91. The Morgan fingerprint density at radius 2 is 1.84 bits per heavy atom. The molecule has 0 aliphatic heterocycles. The second-order valence-electron chi connectivity index (χ2n) is 7.88. The molecule has 0 fully saturated rings. The maximum atomic E-state index is 12.8. The number of thiophene rings is 1. The Hall–Kier alpha value is -3.06. The van der Waals surface area contributed by atoms with E-state index in [1.165, 1.54) is 33.8 Å². The molecule has 3 aromatic rings. The Morgan fingerprint density at radius 3 is 2.59 bits per heavy atom. The van der Waals surface area contributed by atoms with Gasteiger partial charge in [-0.15, -0.1) is 11.3 Å². The summed E-state index contributed by atoms with van der Waals surface area (Å²) in [6.45, 7) is 2.55. The number of hydrogen-bond acceptors (Lipinski definition) is 4. The number of aryl methyl sites for hydroxylation is 1. The highest BCUT2D eigenvalue weighted by atomic mass is 32.1. The number of hydrogen-bond donors (Lipinski definition) is 2. The molecular weight excluding hydrogens is 422 g/mol. The first-order valence-corrected chi connectivity index (χ1v) is 12.0. The summed E-state index contributed by atoms with van der Waals surface area (Å²) in [4.78, 5) is 26.4. The molecule has 0 saturated heterocycles. The van der Waals surface area contributed by atoms with E-state index in [9.17, 15) is 9.59 Å². The first kappa shape index (κ1) is 22.1. The molecule has 2 aromatic heterocycles. The van der Waals surface area contributed by atoms with Crippen molar-refractivity contribution < 1.29 is 14.3 Å². The Kier molecular flexibility index (Phi) is 7.27. The number of amides is 2.